The Bertz CT molecular complexity index is 710. The molecule has 1 aromatic carbocycles. The standard InChI is InChI=1S/C17H20N4OS/c1-10-6-12(8-18)7-11(2)15(10)22-16-13-9-19-5-4-14(13)20-17(21-16)23-3/h6-7,17,19-20H,4-5,9H2,1-3H3. The van der Waals surface area contributed by atoms with Crippen molar-refractivity contribution in [3.8, 4) is 11.8 Å². The summed E-state index contributed by atoms with van der Waals surface area (Å²) < 4.78 is 6.21. The number of aryl methyl sites for hydroxylation is 2. The highest BCUT2D eigenvalue weighted by Gasteiger charge is 2.26. The number of hydrogen-bond acceptors (Lipinski definition) is 6. The molecule has 120 valence electrons. The molecule has 0 aliphatic carbocycles. The molecule has 0 bridgehead atoms. The maximum absolute atomic E-state index is 9.08. The summed E-state index contributed by atoms with van der Waals surface area (Å²) >= 11 is 1.65. The van der Waals surface area contributed by atoms with Gasteiger partial charge in [-0.15, -0.1) is 11.8 Å². The molecular formula is C17H20N4OS. The van der Waals surface area contributed by atoms with Crippen molar-refractivity contribution in [3.05, 3.63) is 40.1 Å². The van der Waals surface area contributed by atoms with E-state index < -0.39 is 0 Å². The van der Waals surface area contributed by atoms with Gasteiger partial charge in [-0.3, -0.25) is 0 Å². The largest absolute Gasteiger partial charge is 0.438 e. The van der Waals surface area contributed by atoms with Crippen LogP contribution in [-0.4, -0.2) is 30.7 Å². The molecule has 1 aromatic rings. The van der Waals surface area contributed by atoms with Crippen molar-refractivity contribution in [1.82, 2.24) is 10.6 Å². The molecule has 2 aliphatic rings. The summed E-state index contributed by atoms with van der Waals surface area (Å²) in [5, 5.41) is 15.9. The highest BCUT2D eigenvalue weighted by Crippen LogP contribution is 2.28. The van der Waals surface area contributed by atoms with Gasteiger partial charge in [0.25, 0.3) is 0 Å². The number of nitrogens with one attached hydrogen (secondary N) is 2. The van der Waals surface area contributed by atoms with Gasteiger partial charge < -0.3 is 15.4 Å². The monoisotopic (exact) mass is 328 g/mol. The average Bonchev–Trinajstić information content (AvgIpc) is 2.57. The van der Waals surface area contributed by atoms with Gasteiger partial charge >= 0.3 is 0 Å². The zero-order valence-corrected chi connectivity index (χ0v) is 14.4. The van der Waals surface area contributed by atoms with E-state index in [1.165, 1.54) is 5.70 Å². The molecule has 5 nitrogen and oxygen atoms in total. The normalized spacial score (nSPS) is 20.3. The summed E-state index contributed by atoms with van der Waals surface area (Å²) in [5.74, 6) is 1.48. The van der Waals surface area contributed by atoms with E-state index in [-0.39, 0.29) is 5.50 Å². The summed E-state index contributed by atoms with van der Waals surface area (Å²) in [7, 11) is 0. The highest BCUT2D eigenvalue weighted by atomic mass is 32.2. The summed E-state index contributed by atoms with van der Waals surface area (Å²) in [6, 6.07) is 5.89. The third-order valence-corrected chi connectivity index (χ3v) is 4.69. The molecule has 2 heterocycles. The van der Waals surface area contributed by atoms with Crippen LogP contribution in [0.5, 0.6) is 5.75 Å². The van der Waals surface area contributed by atoms with E-state index in [2.05, 4.69) is 21.7 Å². The predicted octanol–water partition coefficient (Wildman–Crippen LogP) is 2.45. The zero-order chi connectivity index (χ0) is 16.4. The first-order valence-corrected chi connectivity index (χ1v) is 8.90. The minimum absolute atomic E-state index is 0.0131. The van der Waals surface area contributed by atoms with E-state index in [1.807, 2.05) is 32.2 Å². The molecule has 0 spiro atoms. The van der Waals surface area contributed by atoms with Crippen molar-refractivity contribution in [1.29, 1.82) is 5.26 Å². The van der Waals surface area contributed by atoms with Crippen molar-refractivity contribution in [2.75, 3.05) is 19.3 Å². The molecule has 1 atom stereocenters. The Hall–Kier alpha value is -1.97. The number of aliphatic imine (C=N–C) groups is 1. The van der Waals surface area contributed by atoms with Crippen LogP contribution in [-0.2, 0) is 0 Å². The van der Waals surface area contributed by atoms with Crippen LogP contribution in [0.3, 0.4) is 0 Å². The van der Waals surface area contributed by atoms with E-state index in [0.29, 0.717) is 11.5 Å². The number of hydrogen-bond donors (Lipinski definition) is 2. The average molecular weight is 328 g/mol. The third-order valence-electron chi connectivity index (χ3n) is 4.02. The highest BCUT2D eigenvalue weighted by molar-refractivity contribution is 7.99. The van der Waals surface area contributed by atoms with E-state index in [9.17, 15) is 0 Å². The van der Waals surface area contributed by atoms with Crippen LogP contribution in [0.25, 0.3) is 0 Å². The van der Waals surface area contributed by atoms with Gasteiger partial charge in [-0.25, -0.2) is 4.99 Å². The quantitative estimate of drug-likeness (QED) is 0.873. The zero-order valence-electron chi connectivity index (χ0n) is 13.6. The second-order valence-corrected chi connectivity index (χ2v) is 6.62. The van der Waals surface area contributed by atoms with Gasteiger partial charge in [0.2, 0.25) is 5.90 Å². The van der Waals surface area contributed by atoms with E-state index in [1.54, 1.807) is 11.8 Å². The molecule has 23 heavy (non-hydrogen) atoms. The third kappa shape index (κ3) is 3.21. The lowest BCUT2D eigenvalue weighted by Crippen LogP contribution is -2.41. The maximum Gasteiger partial charge on any atom is 0.223 e. The van der Waals surface area contributed by atoms with Gasteiger partial charge in [-0.2, -0.15) is 5.26 Å². The number of nitriles is 1. The summed E-state index contributed by atoms with van der Waals surface area (Å²) in [5.41, 5.74) is 4.87. The van der Waals surface area contributed by atoms with Gasteiger partial charge in [0.1, 0.15) is 5.75 Å². The van der Waals surface area contributed by atoms with Crippen LogP contribution < -0.4 is 15.4 Å². The molecule has 1 unspecified atom stereocenters. The molecule has 0 saturated carbocycles. The topological polar surface area (TPSA) is 69.4 Å². The van der Waals surface area contributed by atoms with Crippen LogP contribution in [0.2, 0.25) is 0 Å². The van der Waals surface area contributed by atoms with E-state index >= 15 is 0 Å². The predicted molar refractivity (Wildman–Crippen MR) is 93.6 cm³/mol. The van der Waals surface area contributed by atoms with Gasteiger partial charge in [0.05, 0.1) is 11.6 Å². The molecule has 2 aliphatic heterocycles. The van der Waals surface area contributed by atoms with E-state index in [4.69, 9.17) is 10.00 Å². The van der Waals surface area contributed by atoms with Crippen molar-refractivity contribution in [3.63, 3.8) is 0 Å². The lowest BCUT2D eigenvalue weighted by atomic mass is 10.0. The van der Waals surface area contributed by atoms with Crippen molar-refractivity contribution < 1.29 is 4.74 Å². The molecule has 0 saturated heterocycles. The molecule has 6 heteroatoms. The van der Waals surface area contributed by atoms with Crippen molar-refractivity contribution in [2.24, 2.45) is 4.99 Å². The molecule has 2 N–H and O–H groups in total. The molecule has 0 radical (unpaired) electrons. The lowest BCUT2D eigenvalue weighted by Gasteiger charge is -2.30. The maximum atomic E-state index is 9.08. The minimum atomic E-state index is -0.0131. The van der Waals surface area contributed by atoms with Gasteiger partial charge in [-0.05, 0) is 43.4 Å². The van der Waals surface area contributed by atoms with Crippen molar-refractivity contribution >= 4 is 17.7 Å². The Labute approximate surface area is 140 Å². The van der Waals surface area contributed by atoms with Crippen LogP contribution in [0.4, 0.5) is 0 Å². The van der Waals surface area contributed by atoms with Crippen LogP contribution in [0.1, 0.15) is 23.1 Å². The fourth-order valence-electron chi connectivity index (χ4n) is 2.89. The number of ether oxygens (including phenoxy) is 1. The Morgan fingerprint density at radius 2 is 2.09 bits per heavy atom. The Kier molecular flexibility index (Phi) is 4.60. The van der Waals surface area contributed by atoms with Crippen molar-refractivity contribution in [2.45, 2.75) is 25.8 Å². The summed E-state index contributed by atoms with van der Waals surface area (Å²) in [4.78, 5) is 4.69. The first-order valence-electron chi connectivity index (χ1n) is 7.62. The SMILES string of the molecule is CSC1N=C(Oc2c(C)cc(C#N)cc2C)C2=C(CCNC2)N1. The molecule has 3 rings (SSSR count). The second-order valence-electron chi connectivity index (χ2n) is 5.70. The first kappa shape index (κ1) is 15.9. The molecular weight excluding hydrogens is 308 g/mol. The first-order chi connectivity index (χ1) is 11.1. The number of benzene rings is 1. The van der Waals surface area contributed by atoms with Crippen LogP contribution in [0.15, 0.2) is 28.4 Å². The van der Waals surface area contributed by atoms with Crippen LogP contribution >= 0.6 is 11.8 Å². The molecule has 0 fully saturated rings. The summed E-state index contributed by atoms with van der Waals surface area (Å²) in [6.45, 7) is 5.66. The Balaban J connectivity index is 1.96. The van der Waals surface area contributed by atoms with Gasteiger partial charge in [-0.1, -0.05) is 0 Å². The molecule has 0 amide bonds. The van der Waals surface area contributed by atoms with Gasteiger partial charge in [0.15, 0.2) is 5.50 Å². The smallest absolute Gasteiger partial charge is 0.223 e. The lowest BCUT2D eigenvalue weighted by molar-refractivity contribution is 0.507. The Morgan fingerprint density at radius 3 is 2.74 bits per heavy atom. The number of rotatable bonds is 2. The number of nitrogens with zero attached hydrogens (tertiary/aromatic N) is 2. The fourth-order valence-corrected chi connectivity index (χ4v) is 3.35. The summed E-state index contributed by atoms with van der Waals surface area (Å²) in [6.07, 6.45) is 2.99. The van der Waals surface area contributed by atoms with Gasteiger partial charge in [0, 0.05) is 30.8 Å². The second kappa shape index (κ2) is 6.65. The van der Waals surface area contributed by atoms with Crippen LogP contribution in [0, 0.1) is 25.2 Å². The number of thioether (sulfide) groups is 1. The Morgan fingerprint density at radius 1 is 1.35 bits per heavy atom. The van der Waals surface area contributed by atoms with E-state index in [0.717, 1.165) is 42.0 Å². The molecule has 0 aromatic heterocycles. The fraction of sp³-hybridized carbons (Fsp3) is 0.412. The minimum Gasteiger partial charge on any atom is -0.438 e.